The van der Waals surface area contributed by atoms with Crippen LogP contribution in [0.2, 0.25) is 5.02 Å². The summed E-state index contributed by atoms with van der Waals surface area (Å²) in [5.74, 6) is 0.213. The van der Waals surface area contributed by atoms with Gasteiger partial charge < -0.3 is 5.32 Å². The topological polar surface area (TPSA) is 29.1 Å². The van der Waals surface area contributed by atoms with Crippen LogP contribution in [0, 0.1) is 0 Å². The first-order valence-electron chi connectivity index (χ1n) is 5.67. The number of halogens is 1. The average molecular weight is 244 g/mol. The summed E-state index contributed by atoms with van der Waals surface area (Å²) in [5.41, 5.74) is 3.69. The first-order valence-corrected chi connectivity index (χ1v) is 6.05. The molecule has 4 aliphatic rings. The largest absolute Gasteiger partial charge is 0.335 e. The van der Waals surface area contributed by atoms with Crippen molar-refractivity contribution >= 4 is 17.5 Å². The van der Waals surface area contributed by atoms with Gasteiger partial charge in [0.1, 0.15) is 5.54 Å². The van der Waals surface area contributed by atoms with Crippen molar-refractivity contribution in [2.45, 2.75) is 18.4 Å². The van der Waals surface area contributed by atoms with Crippen molar-refractivity contribution in [3.8, 4) is 0 Å². The van der Waals surface area contributed by atoms with Gasteiger partial charge >= 0.3 is 0 Å². The van der Waals surface area contributed by atoms with Gasteiger partial charge in [-0.05, 0) is 30.2 Å². The van der Waals surface area contributed by atoms with Crippen molar-refractivity contribution in [3.63, 3.8) is 0 Å². The zero-order valence-corrected chi connectivity index (χ0v) is 10.0. The smallest absolute Gasteiger partial charge is 0.252 e. The van der Waals surface area contributed by atoms with Gasteiger partial charge in [-0.1, -0.05) is 29.8 Å². The number of benzene rings is 1. The van der Waals surface area contributed by atoms with E-state index in [0.717, 1.165) is 21.7 Å². The highest BCUT2D eigenvalue weighted by molar-refractivity contribution is 6.32. The second kappa shape index (κ2) is 2.65. The van der Waals surface area contributed by atoms with Crippen LogP contribution >= 0.6 is 11.6 Å². The van der Waals surface area contributed by atoms with E-state index in [1.807, 2.05) is 12.1 Å². The van der Waals surface area contributed by atoms with Crippen LogP contribution in [0.5, 0.6) is 0 Å². The number of amides is 1. The Kier molecular flexibility index (Phi) is 1.48. The van der Waals surface area contributed by atoms with E-state index in [1.54, 1.807) is 0 Å². The third kappa shape index (κ3) is 0.882. The highest BCUT2D eigenvalue weighted by atomic mass is 35.5. The number of allylic oxidation sites excluding steroid dienone is 2. The molecule has 2 nitrogen and oxygen atoms in total. The third-order valence-corrected chi connectivity index (χ3v) is 4.41. The van der Waals surface area contributed by atoms with Gasteiger partial charge in [0.15, 0.2) is 0 Å². The number of carbonyl (C=O) groups is 1. The molecule has 2 atom stereocenters. The molecule has 3 heteroatoms. The average Bonchev–Trinajstić information content (AvgIpc) is 2.59. The van der Waals surface area contributed by atoms with E-state index in [4.69, 9.17) is 11.6 Å². The molecule has 1 amide bonds. The summed E-state index contributed by atoms with van der Waals surface area (Å²) in [5, 5.41) is 3.84. The van der Waals surface area contributed by atoms with E-state index in [0.29, 0.717) is 0 Å². The van der Waals surface area contributed by atoms with Crippen LogP contribution in [0.4, 0.5) is 0 Å². The van der Waals surface area contributed by atoms with Crippen LogP contribution in [-0.4, -0.2) is 5.91 Å². The Morgan fingerprint density at radius 2 is 2.24 bits per heavy atom. The van der Waals surface area contributed by atoms with Gasteiger partial charge in [0.25, 0.3) is 5.91 Å². The quantitative estimate of drug-likeness (QED) is 0.698. The number of nitrogens with one attached hydrogen (secondary N) is 1. The van der Waals surface area contributed by atoms with Crippen LogP contribution in [-0.2, 0) is 5.54 Å². The maximum Gasteiger partial charge on any atom is 0.252 e. The highest BCUT2D eigenvalue weighted by Crippen LogP contribution is 2.53. The van der Waals surface area contributed by atoms with Crippen molar-refractivity contribution in [2.24, 2.45) is 0 Å². The zero-order chi connectivity index (χ0) is 11.8. The van der Waals surface area contributed by atoms with E-state index in [-0.39, 0.29) is 11.8 Å². The Morgan fingerprint density at radius 3 is 3.00 bits per heavy atom. The van der Waals surface area contributed by atoms with Gasteiger partial charge in [-0.25, -0.2) is 0 Å². The highest BCUT2D eigenvalue weighted by Gasteiger charge is 2.49. The summed E-state index contributed by atoms with van der Waals surface area (Å²) in [6, 6.07) is 3.65. The second-order valence-corrected chi connectivity index (χ2v) is 5.29. The molecule has 1 spiro atoms. The number of rotatable bonds is 0. The summed E-state index contributed by atoms with van der Waals surface area (Å²) in [4.78, 5) is 12.0. The predicted octanol–water partition coefficient (Wildman–Crippen LogP) is 2.89. The molecule has 0 saturated heterocycles. The van der Waals surface area contributed by atoms with Gasteiger partial charge in [-0.2, -0.15) is 0 Å². The maximum atomic E-state index is 12.0. The first kappa shape index (κ1) is 9.49. The van der Waals surface area contributed by atoms with Crippen LogP contribution in [0.3, 0.4) is 0 Å². The molecule has 0 fully saturated rings. The Bertz CT molecular complexity index is 644. The van der Waals surface area contributed by atoms with Crippen LogP contribution in [0.1, 0.15) is 34.3 Å². The van der Waals surface area contributed by atoms with Crippen molar-refractivity contribution in [1.82, 2.24) is 5.32 Å². The summed E-state index contributed by atoms with van der Waals surface area (Å²) in [6.45, 7) is 2.07. The summed E-state index contributed by atoms with van der Waals surface area (Å²) >= 11 is 6.29. The minimum absolute atomic E-state index is 0.00198. The molecular formula is C14H10ClNO. The van der Waals surface area contributed by atoms with Crippen molar-refractivity contribution < 1.29 is 4.79 Å². The minimum Gasteiger partial charge on any atom is -0.335 e. The van der Waals surface area contributed by atoms with Gasteiger partial charge in [0.2, 0.25) is 0 Å². The first-order chi connectivity index (χ1) is 8.13. The lowest BCUT2D eigenvalue weighted by molar-refractivity contribution is 0.0948. The lowest BCUT2D eigenvalue weighted by Gasteiger charge is -2.40. The van der Waals surface area contributed by atoms with Gasteiger partial charge in [0, 0.05) is 22.1 Å². The molecule has 2 bridgehead atoms. The molecular weight excluding hydrogens is 234 g/mol. The number of hydrogen-bond donors (Lipinski definition) is 1. The van der Waals surface area contributed by atoms with E-state index in [9.17, 15) is 4.79 Å². The molecule has 1 heterocycles. The summed E-state index contributed by atoms with van der Waals surface area (Å²) < 4.78 is 0. The van der Waals surface area contributed by atoms with Crippen molar-refractivity contribution in [2.75, 3.05) is 0 Å². The number of carbonyl (C=O) groups excluding carboxylic acids is 1. The van der Waals surface area contributed by atoms with E-state index in [1.165, 1.54) is 5.57 Å². The van der Waals surface area contributed by atoms with Gasteiger partial charge in [-0.3, -0.25) is 4.79 Å². The molecule has 17 heavy (non-hydrogen) atoms. The second-order valence-electron chi connectivity index (χ2n) is 4.88. The molecule has 1 N–H and O–H groups in total. The third-order valence-electron chi connectivity index (χ3n) is 4.08. The van der Waals surface area contributed by atoms with Gasteiger partial charge in [0.05, 0.1) is 0 Å². The van der Waals surface area contributed by atoms with Crippen molar-refractivity contribution in [1.29, 1.82) is 0 Å². The van der Waals surface area contributed by atoms with Crippen molar-refractivity contribution in [3.05, 3.63) is 57.6 Å². The normalized spacial score (nSPS) is 31.3. The molecule has 0 radical (unpaired) electrons. The van der Waals surface area contributed by atoms with Gasteiger partial charge in [-0.15, -0.1) is 0 Å². The maximum absolute atomic E-state index is 12.0. The fraction of sp³-hybridized carbons (Fsp3) is 0.214. The summed E-state index contributed by atoms with van der Waals surface area (Å²) in [6.07, 6.45) is 6.40. The fourth-order valence-corrected chi connectivity index (χ4v) is 3.56. The van der Waals surface area contributed by atoms with E-state index < -0.39 is 5.54 Å². The number of hydrogen-bond acceptors (Lipinski definition) is 1. The van der Waals surface area contributed by atoms with Crippen LogP contribution < -0.4 is 5.32 Å². The minimum atomic E-state index is -0.429. The molecule has 5 rings (SSSR count). The monoisotopic (exact) mass is 243 g/mol. The molecule has 3 aliphatic carbocycles. The van der Waals surface area contributed by atoms with Crippen LogP contribution in [0.25, 0.3) is 0 Å². The van der Waals surface area contributed by atoms with E-state index in [2.05, 4.69) is 30.5 Å². The summed E-state index contributed by atoms with van der Waals surface area (Å²) in [7, 11) is 0. The fourth-order valence-electron chi connectivity index (χ4n) is 3.28. The molecule has 84 valence electrons. The zero-order valence-electron chi connectivity index (χ0n) is 9.25. The molecule has 1 aromatic rings. The van der Waals surface area contributed by atoms with E-state index >= 15 is 0 Å². The SMILES string of the molecule is CC1=CC2C=CC13NC(=O)c1ccc(Cl)c2c13. The molecule has 0 aromatic heterocycles. The Balaban J connectivity index is 2.19. The molecule has 0 saturated carbocycles. The Hall–Kier alpha value is -1.54. The molecule has 2 unspecified atom stereocenters. The molecule has 1 aliphatic heterocycles. The lowest BCUT2D eigenvalue weighted by atomic mass is 9.68. The van der Waals surface area contributed by atoms with Crippen LogP contribution in [0.15, 0.2) is 35.9 Å². The Morgan fingerprint density at radius 1 is 1.41 bits per heavy atom. The predicted molar refractivity (Wildman–Crippen MR) is 66.2 cm³/mol. The standard InChI is InChI=1S/C14H10ClNO/c1-7-6-8-4-5-14(7)12-9(13(17)16-14)2-3-10(15)11(8)12/h2-6,8H,1H3,(H,16,17). The molecule has 1 aromatic carbocycles. The Labute approximate surface area is 104 Å². The lowest BCUT2D eigenvalue weighted by Crippen LogP contribution is -2.43.